The minimum atomic E-state index is 0.0560. The SMILES string of the molecule is CCC[C@@]1(CO)CC[C@H]1CC(=O)N(C)C. The molecule has 15 heavy (non-hydrogen) atoms. The van der Waals surface area contributed by atoms with E-state index in [9.17, 15) is 9.90 Å². The fraction of sp³-hybridized carbons (Fsp3) is 0.917. The van der Waals surface area contributed by atoms with Crippen LogP contribution in [0.2, 0.25) is 0 Å². The normalized spacial score (nSPS) is 29.7. The van der Waals surface area contributed by atoms with Crippen LogP contribution >= 0.6 is 0 Å². The molecule has 1 rings (SSSR count). The number of carbonyl (C=O) groups excluding carboxylic acids is 1. The number of hydrogen-bond acceptors (Lipinski definition) is 2. The van der Waals surface area contributed by atoms with Gasteiger partial charge in [0.1, 0.15) is 0 Å². The van der Waals surface area contributed by atoms with Crippen molar-refractivity contribution in [2.45, 2.75) is 39.0 Å². The van der Waals surface area contributed by atoms with E-state index < -0.39 is 0 Å². The summed E-state index contributed by atoms with van der Waals surface area (Å²) in [5.74, 6) is 0.589. The smallest absolute Gasteiger partial charge is 0.222 e. The summed E-state index contributed by atoms with van der Waals surface area (Å²) < 4.78 is 0. The van der Waals surface area contributed by atoms with Crippen molar-refractivity contribution in [2.24, 2.45) is 11.3 Å². The van der Waals surface area contributed by atoms with Crippen molar-refractivity contribution in [3.63, 3.8) is 0 Å². The molecular weight excluding hydrogens is 190 g/mol. The predicted octanol–water partition coefficient (Wildman–Crippen LogP) is 1.65. The minimum absolute atomic E-state index is 0.0560. The second-order valence-corrected chi connectivity index (χ2v) is 5.00. The van der Waals surface area contributed by atoms with Gasteiger partial charge in [-0.05, 0) is 30.6 Å². The summed E-state index contributed by atoms with van der Waals surface area (Å²) in [5, 5.41) is 9.46. The van der Waals surface area contributed by atoms with Gasteiger partial charge in [-0.3, -0.25) is 4.79 Å². The summed E-state index contributed by atoms with van der Waals surface area (Å²) in [4.78, 5) is 13.2. The highest BCUT2D eigenvalue weighted by atomic mass is 16.3. The maximum atomic E-state index is 11.6. The first-order chi connectivity index (χ1) is 7.05. The van der Waals surface area contributed by atoms with E-state index in [2.05, 4.69) is 6.92 Å². The van der Waals surface area contributed by atoms with Crippen LogP contribution in [0.25, 0.3) is 0 Å². The molecule has 0 bridgehead atoms. The number of rotatable bonds is 5. The third-order valence-electron chi connectivity index (χ3n) is 3.84. The van der Waals surface area contributed by atoms with Crippen molar-refractivity contribution in [1.29, 1.82) is 0 Å². The Labute approximate surface area is 92.5 Å². The molecule has 1 N–H and O–H groups in total. The van der Waals surface area contributed by atoms with Gasteiger partial charge in [0.2, 0.25) is 5.91 Å². The Morgan fingerprint density at radius 2 is 2.20 bits per heavy atom. The summed E-state index contributed by atoms with van der Waals surface area (Å²) in [7, 11) is 3.59. The average Bonchev–Trinajstić information content (AvgIpc) is 2.20. The highest BCUT2D eigenvalue weighted by Gasteiger charge is 2.46. The quantitative estimate of drug-likeness (QED) is 0.754. The fourth-order valence-corrected chi connectivity index (χ4v) is 2.58. The molecule has 0 radical (unpaired) electrons. The van der Waals surface area contributed by atoms with Gasteiger partial charge in [0.15, 0.2) is 0 Å². The zero-order chi connectivity index (χ0) is 11.5. The van der Waals surface area contributed by atoms with Gasteiger partial charge >= 0.3 is 0 Å². The van der Waals surface area contributed by atoms with Crippen LogP contribution in [-0.4, -0.2) is 36.6 Å². The van der Waals surface area contributed by atoms with Crippen molar-refractivity contribution < 1.29 is 9.90 Å². The predicted molar refractivity (Wildman–Crippen MR) is 60.5 cm³/mol. The van der Waals surface area contributed by atoms with Crippen LogP contribution in [0.5, 0.6) is 0 Å². The molecule has 0 spiro atoms. The Morgan fingerprint density at radius 1 is 1.53 bits per heavy atom. The van der Waals surface area contributed by atoms with E-state index in [1.54, 1.807) is 19.0 Å². The standard InChI is InChI=1S/C12H23NO2/c1-4-6-12(9-14)7-5-10(12)8-11(15)13(2)3/h10,14H,4-9H2,1-3H3/t10-,12-/m0/s1. The summed E-state index contributed by atoms with van der Waals surface area (Å²) >= 11 is 0. The molecule has 2 atom stereocenters. The molecular formula is C12H23NO2. The molecule has 0 aliphatic heterocycles. The van der Waals surface area contributed by atoms with E-state index >= 15 is 0 Å². The number of carbonyl (C=O) groups is 1. The van der Waals surface area contributed by atoms with E-state index in [1.165, 1.54) is 0 Å². The highest BCUT2D eigenvalue weighted by molar-refractivity contribution is 5.76. The van der Waals surface area contributed by atoms with Crippen LogP contribution in [0.4, 0.5) is 0 Å². The maximum absolute atomic E-state index is 11.6. The molecule has 3 nitrogen and oxygen atoms in total. The fourth-order valence-electron chi connectivity index (χ4n) is 2.58. The number of nitrogens with zero attached hydrogens (tertiary/aromatic N) is 1. The molecule has 1 saturated carbocycles. The molecule has 0 aromatic heterocycles. The topological polar surface area (TPSA) is 40.5 Å². The Balaban J connectivity index is 2.52. The van der Waals surface area contributed by atoms with E-state index in [0.29, 0.717) is 12.3 Å². The summed E-state index contributed by atoms with van der Waals surface area (Å²) in [5.41, 5.74) is 0.0560. The highest BCUT2D eigenvalue weighted by Crippen LogP contribution is 2.51. The van der Waals surface area contributed by atoms with Crippen LogP contribution in [0.1, 0.15) is 39.0 Å². The zero-order valence-electron chi connectivity index (χ0n) is 10.1. The maximum Gasteiger partial charge on any atom is 0.222 e. The van der Waals surface area contributed by atoms with Crippen molar-refractivity contribution in [3.05, 3.63) is 0 Å². The Kier molecular flexibility index (Phi) is 4.14. The Hall–Kier alpha value is -0.570. The van der Waals surface area contributed by atoms with Crippen LogP contribution in [0.3, 0.4) is 0 Å². The molecule has 1 aliphatic rings. The largest absolute Gasteiger partial charge is 0.396 e. The van der Waals surface area contributed by atoms with E-state index in [0.717, 1.165) is 25.7 Å². The molecule has 0 heterocycles. The lowest BCUT2D eigenvalue weighted by Crippen LogP contribution is -2.45. The lowest BCUT2D eigenvalue weighted by Gasteiger charge is -2.49. The van der Waals surface area contributed by atoms with Gasteiger partial charge in [0.25, 0.3) is 0 Å². The average molecular weight is 213 g/mol. The Morgan fingerprint density at radius 3 is 2.53 bits per heavy atom. The van der Waals surface area contributed by atoms with Crippen LogP contribution in [0, 0.1) is 11.3 Å². The van der Waals surface area contributed by atoms with Crippen molar-refractivity contribution in [1.82, 2.24) is 4.90 Å². The third-order valence-corrected chi connectivity index (χ3v) is 3.84. The number of aliphatic hydroxyl groups excluding tert-OH is 1. The second-order valence-electron chi connectivity index (χ2n) is 5.00. The molecule has 88 valence electrons. The lowest BCUT2D eigenvalue weighted by molar-refractivity contribution is -0.134. The van der Waals surface area contributed by atoms with Crippen molar-refractivity contribution in [3.8, 4) is 0 Å². The van der Waals surface area contributed by atoms with Gasteiger partial charge in [0.05, 0.1) is 0 Å². The summed E-state index contributed by atoms with van der Waals surface area (Å²) in [6, 6.07) is 0. The van der Waals surface area contributed by atoms with Crippen molar-refractivity contribution >= 4 is 5.91 Å². The van der Waals surface area contributed by atoms with E-state index in [1.807, 2.05) is 0 Å². The molecule has 1 aliphatic carbocycles. The first kappa shape index (κ1) is 12.5. The molecule has 0 saturated heterocycles. The zero-order valence-corrected chi connectivity index (χ0v) is 10.1. The lowest BCUT2D eigenvalue weighted by atomic mass is 9.57. The summed E-state index contributed by atoms with van der Waals surface area (Å²) in [6.07, 6.45) is 4.93. The molecule has 3 heteroatoms. The number of hydrogen-bond donors (Lipinski definition) is 1. The minimum Gasteiger partial charge on any atom is -0.396 e. The van der Waals surface area contributed by atoms with Gasteiger partial charge in [-0.25, -0.2) is 0 Å². The van der Waals surface area contributed by atoms with Crippen LogP contribution < -0.4 is 0 Å². The van der Waals surface area contributed by atoms with Gasteiger partial charge in [0, 0.05) is 27.1 Å². The monoisotopic (exact) mass is 213 g/mol. The van der Waals surface area contributed by atoms with Crippen LogP contribution in [-0.2, 0) is 4.79 Å². The van der Waals surface area contributed by atoms with Gasteiger partial charge in [-0.2, -0.15) is 0 Å². The molecule has 0 aromatic rings. The van der Waals surface area contributed by atoms with Crippen LogP contribution in [0.15, 0.2) is 0 Å². The molecule has 1 amide bonds. The summed E-state index contributed by atoms with van der Waals surface area (Å²) in [6.45, 7) is 2.38. The first-order valence-electron chi connectivity index (χ1n) is 5.86. The van der Waals surface area contributed by atoms with E-state index in [4.69, 9.17) is 0 Å². The van der Waals surface area contributed by atoms with Crippen molar-refractivity contribution in [2.75, 3.05) is 20.7 Å². The Bertz CT molecular complexity index is 224. The molecule has 1 fully saturated rings. The third kappa shape index (κ3) is 2.51. The van der Waals surface area contributed by atoms with E-state index in [-0.39, 0.29) is 17.9 Å². The van der Waals surface area contributed by atoms with Gasteiger partial charge in [-0.15, -0.1) is 0 Å². The second kappa shape index (κ2) is 4.97. The van der Waals surface area contributed by atoms with Gasteiger partial charge < -0.3 is 10.0 Å². The number of aliphatic hydroxyl groups is 1. The first-order valence-corrected chi connectivity index (χ1v) is 5.86. The molecule has 0 unspecified atom stereocenters. The van der Waals surface area contributed by atoms with Gasteiger partial charge in [-0.1, -0.05) is 13.3 Å². The molecule has 0 aromatic carbocycles. The number of amides is 1.